The van der Waals surface area contributed by atoms with Gasteiger partial charge in [-0.25, -0.2) is 0 Å². The fourth-order valence-electron chi connectivity index (χ4n) is 1.59. The minimum Gasteiger partial charge on any atom is -0.354 e. The molecule has 0 saturated carbocycles. The Morgan fingerprint density at radius 3 is 2.56 bits per heavy atom. The quantitative estimate of drug-likeness (QED) is 0.688. The zero-order valence-corrected chi connectivity index (χ0v) is 10.3. The van der Waals surface area contributed by atoms with Gasteiger partial charge in [-0.1, -0.05) is 12.1 Å². The summed E-state index contributed by atoms with van der Waals surface area (Å²) in [5.74, 6) is 0. The first kappa shape index (κ1) is 13.1. The van der Waals surface area contributed by atoms with Crippen molar-refractivity contribution in [2.45, 2.75) is 25.7 Å². The van der Waals surface area contributed by atoms with Gasteiger partial charge in [-0.15, -0.1) is 5.10 Å². The molecule has 0 radical (unpaired) electrons. The molecular formula is C10H20N4O2. The summed E-state index contributed by atoms with van der Waals surface area (Å²) in [6.45, 7) is 3.00. The van der Waals surface area contributed by atoms with Crippen molar-refractivity contribution in [1.82, 2.24) is 20.3 Å². The number of aryl methyl sites for hydroxylation is 1. The van der Waals surface area contributed by atoms with Crippen molar-refractivity contribution >= 4 is 0 Å². The molecule has 0 fully saturated rings. The van der Waals surface area contributed by atoms with E-state index in [0.717, 1.165) is 18.7 Å². The molecule has 1 rings (SSSR count). The van der Waals surface area contributed by atoms with E-state index in [0.29, 0.717) is 0 Å². The van der Waals surface area contributed by atoms with Gasteiger partial charge in [0.15, 0.2) is 6.29 Å². The smallest absolute Gasteiger partial charge is 0.177 e. The molecule has 1 N–H and O–H groups in total. The highest BCUT2D eigenvalue weighted by atomic mass is 16.7. The van der Waals surface area contributed by atoms with Gasteiger partial charge in [0.2, 0.25) is 0 Å². The van der Waals surface area contributed by atoms with Crippen LogP contribution in [0.3, 0.4) is 0 Å². The molecule has 1 unspecified atom stereocenters. The number of nitrogens with one attached hydrogen (secondary N) is 1. The Kier molecular flexibility index (Phi) is 5.37. The maximum Gasteiger partial charge on any atom is 0.177 e. The van der Waals surface area contributed by atoms with Gasteiger partial charge in [0.25, 0.3) is 0 Å². The summed E-state index contributed by atoms with van der Waals surface area (Å²) in [6, 6.07) is -0.0602. The third-order valence-corrected chi connectivity index (χ3v) is 2.42. The van der Waals surface area contributed by atoms with Crippen molar-refractivity contribution in [1.29, 1.82) is 0 Å². The summed E-state index contributed by atoms with van der Waals surface area (Å²) in [6.07, 6.45) is 2.42. The Hall–Kier alpha value is -0.980. The lowest BCUT2D eigenvalue weighted by Gasteiger charge is -2.25. The van der Waals surface area contributed by atoms with Gasteiger partial charge in [-0.2, -0.15) is 0 Å². The summed E-state index contributed by atoms with van der Waals surface area (Å²) in [5, 5.41) is 11.1. The molecule has 1 aromatic heterocycles. The first-order valence-electron chi connectivity index (χ1n) is 5.38. The van der Waals surface area contributed by atoms with Crippen LogP contribution in [0.4, 0.5) is 0 Å². The van der Waals surface area contributed by atoms with E-state index in [9.17, 15) is 0 Å². The summed E-state index contributed by atoms with van der Waals surface area (Å²) < 4.78 is 12.3. The second-order valence-corrected chi connectivity index (χ2v) is 3.55. The molecule has 1 aromatic rings. The maximum atomic E-state index is 5.28. The van der Waals surface area contributed by atoms with Crippen LogP contribution >= 0.6 is 0 Å². The van der Waals surface area contributed by atoms with Gasteiger partial charge < -0.3 is 14.8 Å². The first-order valence-corrected chi connectivity index (χ1v) is 5.38. The molecule has 0 aliphatic rings. The Balaban J connectivity index is 2.82. The van der Waals surface area contributed by atoms with Crippen LogP contribution in [0.5, 0.6) is 0 Å². The van der Waals surface area contributed by atoms with E-state index in [4.69, 9.17) is 9.47 Å². The number of aromatic nitrogens is 3. The lowest BCUT2D eigenvalue weighted by Crippen LogP contribution is -2.36. The van der Waals surface area contributed by atoms with Crippen LogP contribution in [0.1, 0.15) is 25.1 Å². The Bertz CT molecular complexity index is 299. The zero-order valence-electron chi connectivity index (χ0n) is 10.3. The Labute approximate surface area is 95.9 Å². The molecular weight excluding hydrogens is 208 g/mol. The molecule has 0 aliphatic carbocycles. The van der Waals surface area contributed by atoms with E-state index < -0.39 is 0 Å². The van der Waals surface area contributed by atoms with Gasteiger partial charge in [-0.05, 0) is 13.0 Å². The van der Waals surface area contributed by atoms with Crippen LogP contribution in [-0.2, 0) is 16.5 Å². The molecule has 1 heterocycles. The molecule has 6 heteroatoms. The topological polar surface area (TPSA) is 61.2 Å². The number of rotatable bonds is 7. The minimum atomic E-state index is -0.344. The highest BCUT2D eigenvalue weighted by Crippen LogP contribution is 2.17. The van der Waals surface area contributed by atoms with Crippen LogP contribution in [0.15, 0.2) is 6.20 Å². The van der Waals surface area contributed by atoms with Crippen LogP contribution in [0, 0.1) is 0 Å². The summed E-state index contributed by atoms with van der Waals surface area (Å²) in [4.78, 5) is 0. The van der Waals surface area contributed by atoms with E-state index in [1.165, 1.54) is 0 Å². The van der Waals surface area contributed by atoms with Crippen molar-refractivity contribution in [3.63, 3.8) is 0 Å². The molecule has 6 nitrogen and oxygen atoms in total. The largest absolute Gasteiger partial charge is 0.354 e. The molecule has 1 atom stereocenters. The predicted octanol–water partition coefficient (Wildman–Crippen LogP) is 0.475. The van der Waals surface area contributed by atoms with Gasteiger partial charge in [0.1, 0.15) is 6.04 Å². The van der Waals surface area contributed by atoms with Gasteiger partial charge in [-0.3, -0.25) is 4.68 Å². The standard InChI is InChI=1S/C10H20N4O2/c1-5-6-11-9(10(15-3)16-4)8-7-12-13-14(8)2/h7,9-11H,5-6H2,1-4H3. The third kappa shape index (κ3) is 3.01. The fourth-order valence-corrected chi connectivity index (χ4v) is 1.59. The number of hydrogen-bond acceptors (Lipinski definition) is 5. The number of hydrogen-bond donors (Lipinski definition) is 1. The molecule has 0 aliphatic heterocycles. The van der Waals surface area contributed by atoms with Crippen LogP contribution < -0.4 is 5.32 Å². The van der Waals surface area contributed by atoms with Crippen LogP contribution in [-0.4, -0.2) is 42.0 Å². The SMILES string of the molecule is CCCNC(c1cnnn1C)C(OC)OC. The Morgan fingerprint density at radius 2 is 2.12 bits per heavy atom. The highest BCUT2D eigenvalue weighted by Gasteiger charge is 2.25. The Morgan fingerprint density at radius 1 is 1.44 bits per heavy atom. The van der Waals surface area contributed by atoms with E-state index >= 15 is 0 Å². The minimum absolute atomic E-state index is 0.0602. The van der Waals surface area contributed by atoms with Crippen molar-refractivity contribution in [2.24, 2.45) is 7.05 Å². The van der Waals surface area contributed by atoms with Crippen molar-refractivity contribution < 1.29 is 9.47 Å². The third-order valence-electron chi connectivity index (χ3n) is 2.42. The normalized spacial score (nSPS) is 13.3. The lowest BCUT2D eigenvalue weighted by atomic mass is 10.2. The van der Waals surface area contributed by atoms with E-state index in [-0.39, 0.29) is 12.3 Å². The molecule has 0 aromatic carbocycles. The average molecular weight is 228 g/mol. The van der Waals surface area contributed by atoms with E-state index in [1.54, 1.807) is 25.1 Å². The van der Waals surface area contributed by atoms with Crippen LogP contribution in [0.25, 0.3) is 0 Å². The zero-order chi connectivity index (χ0) is 12.0. The monoisotopic (exact) mass is 228 g/mol. The van der Waals surface area contributed by atoms with Gasteiger partial charge in [0.05, 0.1) is 11.9 Å². The average Bonchev–Trinajstić information content (AvgIpc) is 2.71. The number of methoxy groups -OCH3 is 2. The summed E-state index contributed by atoms with van der Waals surface area (Å²) in [5.41, 5.74) is 0.946. The first-order chi connectivity index (χ1) is 7.74. The summed E-state index contributed by atoms with van der Waals surface area (Å²) >= 11 is 0. The van der Waals surface area contributed by atoms with Crippen molar-refractivity contribution in [3.05, 3.63) is 11.9 Å². The second-order valence-electron chi connectivity index (χ2n) is 3.55. The van der Waals surface area contributed by atoms with Gasteiger partial charge in [0, 0.05) is 21.3 Å². The van der Waals surface area contributed by atoms with E-state index in [2.05, 4.69) is 22.6 Å². The van der Waals surface area contributed by atoms with E-state index in [1.807, 2.05) is 7.05 Å². The number of ether oxygens (including phenoxy) is 2. The second kappa shape index (κ2) is 6.57. The van der Waals surface area contributed by atoms with Crippen molar-refractivity contribution in [3.8, 4) is 0 Å². The molecule has 0 spiro atoms. The predicted molar refractivity (Wildman–Crippen MR) is 59.8 cm³/mol. The van der Waals surface area contributed by atoms with Crippen molar-refractivity contribution in [2.75, 3.05) is 20.8 Å². The lowest BCUT2D eigenvalue weighted by molar-refractivity contribution is -0.125. The molecule has 0 saturated heterocycles. The molecule has 0 amide bonds. The summed E-state index contributed by atoms with van der Waals surface area (Å²) in [7, 11) is 5.10. The molecule has 92 valence electrons. The molecule has 0 bridgehead atoms. The fraction of sp³-hybridized carbons (Fsp3) is 0.800. The van der Waals surface area contributed by atoms with Crippen LogP contribution in [0.2, 0.25) is 0 Å². The molecule has 16 heavy (non-hydrogen) atoms. The highest BCUT2D eigenvalue weighted by molar-refractivity contribution is 5.03. The maximum absolute atomic E-state index is 5.28. The van der Waals surface area contributed by atoms with Gasteiger partial charge >= 0.3 is 0 Å². The number of nitrogens with zero attached hydrogens (tertiary/aromatic N) is 3.